The molecule has 0 aliphatic rings. The molecule has 0 fully saturated rings. The third-order valence-electron chi connectivity index (χ3n) is 4.49. The van der Waals surface area contributed by atoms with E-state index in [4.69, 9.17) is 14.2 Å². The molecule has 3 aromatic carbocycles. The van der Waals surface area contributed by atoms with Gasteiger partial charge in [-0.15, -0.1) is 11.8 Å². The Balaban J connectivity index is 1.62. The maximum atomic E-state index is 12.8. The largest absolute Gasteiger partial charge is 0.497 e. The molecular formula is C24H24N2O5S. The molecule has 2 N–H and O–H groups in total. The first-order valence-corrected chi connectivity index (χ1v) is 10.7. The summed E-state index contributed by atoms with van der Waals surface area (Å²) in [4.78, 5) is 26.0. The van der Waals surface area contributed by atoms with Crippen molar-refractivity contribution in [3.8, 4) is 17.2 Å². The molecule has 0 radical (unpaired) electrons. The molecule has 3 aromatic rings. The predicted molar refractivity (Wildman–Crippen MR) is 126 cm³/mol. The van der Waals surface area contributed by atoms with Crippen LogP contribution in [0.4, 0.5) is 11.4 Å². The van der Waals surface area contributed by atoms with E-state index in [1.54, 1.807) is 55.6 Å². The van der Waals surface area contributed by atoms with Crippen LogP contribution in [0.25, 0.3) is 0 Å². The molecule has 8 heteroatoms. The highest BCUT2D eigenvalue weighted by Gasteiger charge is 2.18. The second-order valence-electron chi connectivity index (χ2n) is 6.58. The molecule has 0 atom stereocenters. The van der Waals surface area contributed by atoms with E-state index in [2.05, 4.69) is 10.6 Å². The lowest BCUT2D eigenvalue weighted by atomic mass is 10.1. The first-order valence-electron chi connectivity index (χ1n) is 9.73. The van der Waals surface area contributed by atoms with E-state index >= 15 is 0 Å². The zero-order valence-corrected chi connectivity index (χ0v) is 18.8. The minimum absolute atomic E-state index is 0.131. The second kappa shape index (κ2) is 11.1. The van der Waals surface area contributed by atoms with E-state index in [1.165, 1.54) is 26.0 Å². The van der Waals surface area contributed by atoms with Gasteiger partial charge in [0.05, 0.1) is 27.1 Å². The highest BCUT2D eigenvalue weighted by molar-refractivity contribution is 8.00. The Bertz CT molecular complexity index is 1060. The summed E-state index contributed by atoms with van der Waals surface area (Å²) >= 11 is 1.37. The van der Waals surface area contributed by atoms with Gasteiger partial charge in [-0.05, 0) is 54.6 Å². The molecule has 2 amide bonds. The van der Waals surface area contributed by atoms with Crippen LogP contribution < -0.4 is 24.8 Å². The van der Waals surface area contributed by atoms with Crippen molar-refractivity contribution in [3.63, 3.8) is 0 Å². The number of ether oxygens (including phenoxy) is 3. The lowest BCUT2D eigenvalue weighted by Crippen LogP contribution is -2.15. The van der Waals surface area contributed by atoms with E-state index in [-0.39, 0.29) is 17.6 Å². The summed E-state index contributed by atoms with van der Waals surface area (Å²) in [5.74, 6) is 1.31. The van der Waals surface area contributed by atoms with Crippen LogP contribution in [0.5, 0.6) is 17.2 Å². The Morgan fingerprint density at radius 3 is 2.06 bits per heavy atom. The van der Waals surface area contributed by atoms with Crippen molar-refractivity contribution in [1.29, 1.82) is 0 Å². The van der Waals surface area contributed by atoms with Gasteiger partial charge in [0.2, 0.25) is 5.91 Å². The van der Waals surface area contributed by atoms with Crippen LogP contribution in [0.3, 0.4) is 0 Å². The molecule has 32 heavy (non-hydrogen) atoms. The van der Waals surface area contributed by atoms with Crippen molar-refractivity contribution in [2.45, 2.75) is 4.90 Å². The van der Waals surface area contributed by atoms with Crippen LogP contribution in [0.15, 0.2) is 71.6 Å². The molecule has 0 aliphatic carbocycles. The third kappa shape index (κ3) is 5.95. The van der Waals surface area contributed by atoms with E-state index in [1.807, 2.05) is 18.2 Å². The van der Waals surface area contributed by atoms with Gasteiger partial charge in [-0.25, -0.2) is 0 Å². The number of thioether (sulfide) groups is 1. The number of hydrogen-bond acceptors (Lipinski definition) is 6. The number of amides is 2. The van der Waals surface area contributed by atoms with Crippen molar-refractivity contribution in [2.24, 2.45) is 0 Å². The lowest BCUT2D eigenvalue weighted by Gasteiger charge is -2.13. The molecule has 0 unspecified atom stereocenters. The second-order valence-corrected chi connectivity index (χ2v) is 7.63. The molecule has 0 saturated heterocycles. The molecule has 0 aromatic heterocycles. The normalized spacial score (nSPS) is 10.2. The van der Waals surface area contributed by atoms with Gasteiger partial charge in [0.15, 0.2) is 0 Å². The van der Waals surface area contributed by atoms with Crippen LogP contribution in [-0.4, -0.2) is 38.9 Å². The average Bonchev–Trinajstić information content (AvgIpc) is 2.82. The van der Waals surface area contributed by atoms with Gasteiger partial charge in [-0.1, -0.05) is 12.1 Å². The maximum absolute atomic E-state index is 12.8. The zero-order chi connectivity index (χ0) is 22.9. The van der Waals surface area contributed by atoms with Gasteiger partial charge >= 0.3 is 0 Å². The van der Waals surface area contributed by atoms with E-state index in [0.29, 0.717) is 28.4 Å². The molecule has 3 rings (SSSR count). The highest BCUT2D eigenvalue weighted by atomic mass is 32.2. The van der Waals surface area contributed by atoms with Gasteiger partial charge in [0.25, 0.3) is 5.91 Å². The van der Waals surface area contributed by atoms with Crippen molar-refractivity contribution >= 4 is 35.0 Å². The van der Waals surface area contributed by atoms with Crippen molar-refractivity contribution in [1.82, 2.24) is 0 Å². The summed E-state index contributed by atoms with van der Waals surface area (Å²) in [6, 6.07) is 19.6. The van der Waals surface area contributed by atoms with Crippen LogP contribution >= 0.6 is 11.8 Å². The summed E-state index contributed by atoms with van der Waals surface area (Å²) < 4.78 is 15.7. The van der Waals surface area contributed by atoms with Gasteiger partial charge in [-0.3, -0.25) is 9.59 Å². The Morgan fingerprint density at radius 1 is 0.781 bits per heavy atom. The summed E-state index contributed by atoms with van der Waals surface area (Å²) in [5, 5.41) is 5.71. The van der Waals surface area contributed by atoms with Crippen LogP contribution in [0.2, 0.25) is 0 Å². The van der Waals surface area contributed by atoms with E-state index in [0.717, 1.165) is 10.6 Å². The van der Waals surface area contributed by atoms with Gasteiger partial charge in [0.1, 0.15) is 22.8 Å². The van der Waals surface area contributed by atoms with Gasteiger partial charge in [0, 0.05) is 16.3 Å². The number of benzene rings is 3. The fourth-order valence-electron chi connectivity index (χ4n) is 2.95. The average molecular weight is 453 g/mol. The summed E-state index contributed by atoms with van der Waals surface area (Å²) in [6.45, 7) is 0. The number of methoxy groups -OCH3 is 3. The molecule has 0 spiro atoms. The molecular weight excluding hydrogens is 428 g/mol. The van der Waals surface area contributed by atoms with Crippen LogP contribution in [0, 0.1) is 0 Å². The standard InChI is InChI=1S/C24H24N2O5S/c1-29-18-12-10-16(11-13-18)25-22(27)15-32-19-7-4-6-17(14-19)26-24(28)23-20(30-2)8-5-9-21(23)31-3/h4-14H,15H2,1-3H3,(H,25,27)(H,26,28). The lowest BCUT2D eigenvalue weighted by molar-refractivity contribution is -0.113. The number of hydrogen-bond donors (Lipinski definition) is 2. The molecule has 166 valence electrons. The number of nitrogens with one attached hydrogen (secondary N) is 2. The molecule has 0 bridgehead atoms. The smallest absolute Gasteiger partial charge is 0.263 e. The van der Waals surface area contributed by atoms with Crippen LogP contribution in [0.1, 0.15) is 10.4 Å². The monoisotopic (exact) mass is 452 g/mol. The molecule has 0 saturated carbocycles. The highest BCUT2D eigenvalue weighted by Crippen LogP contribution is 2.30. The first kappa shape index (κ1) is 23.0. The van der Waals surface area contributed by atoms with Gasteiger partial charge in [-0.2, -0.15) is 0 Å². The maximum Gasteiger partial charge on any atom is 0.263 e. The van der Waals surface area contributed by atoms with Gasteiger partial charge < -0.3 is 24.8 Å². The minimum Gasteiger partial charge on any atom is -0.497 e. The minimum atomic E-state index is -0.348. The van der Waals surface area contributed by atoms with Crippen molar-refractivity contribution in [3.05, 3.63) is 72.3 Å². The third-order valence-corrected chi connectivity index (χ3v) is 5.48. The van der Waals surface area contributed by atoms with E-state index < -0.39 is 0 Å². The Hall–Kier alpha value is -3.65. The number of carbonyl (C=O) groups excluding carboxylic acids is 2. The Kier molecular flexibility index (Phi) is 7.99. The molecule has 7 nitrogen and oxygen atoms in total. The predicted octanol–water partition coefficient (Wildman–Crippen LogP) is 4.70. The summed E-state index contributed by atoms with van der Waals surface area (Å²) in [5.41, 5.74) is 1.61. The summed E-state index contributed by atoms with van der Waals surface area (Å²) in [7, 11) is 4.59. The topological polar surface area (TPSA) is 85.9 Å². The Labute approximate surface area is 191 Å². The quantitative estimate of drug-likeness (QED) is 0.458. The fourth-order valence-corrected chi connectivity index (χ4v) is 3.71. The molecule has 0 aliphatic heterocycles. The first-order chi connectivity index (χ1) is 15.5. The SMILES string of the molecule is COc1ccc(NC(=O)CSc2cccc(NC(=O)c3c(OC)cccc3OC)c2)cc1. The Morgan fingerprint density at radius 2 is 1.44 bits per heavy atom. The number of carbonyl (C=O) groups is 2. The van der Waals surface area contributed by atoms with Crippen molar-refractivity contribution < 1.29 is 23.8 Å². The van der Waals surface area contributed by atoms with Crippen molar-refractivity contribution in [2.75, 3.05) is 37.7 Å². The number of rotatable bonds is 9. The van der Waals surface area contributed by atoms with E-state index in [9.17, 15) is 9.59 Å². The fraction of sp³-hybridized carbons (Fsp3) is 0.167. The summed E-state index contributed by atoms with van der Waals surface area (Å²) in [6.07, 6.45) is 0. The van der Waals surface area contributed by atoms with Crippen LogP contribution in [-0.2, 0) is 4.79 Å². The molecule has 0 heterocycles. The zero-order valence-electron chi connectivity index (χ0n) is 18.0. The number of anilines is 2.